The first-order valence-electron chi connectivity index (χ1n) is 8.96. The van der Waals surface area contributed by atoms with Gasteiger partial charge in [0.2, 0.25) is 0 Å². The van der Waals surface area contributed by atoms with E-state index in [4.69, 9.17) is 4.74 Å². The minimum atomic E-state index is -3.73. The predicted molar refractivity (Wildman–Crippen MR) is 94.8 cm³/mol. The molecule has 150 valence electrons. The Labute approximate surface area is 155 Å². The number of ether oxygens (including phenoxy) is 1. The zero-order valence-corrected chi connectivity index (χ0v) is 16.5. The summed E-state index contributed by atoms with van der Waals surface area (Å²) in [7, 11) is -3.73. The molecule has 0 aliphatic carbocycles. The van der Waals surface area contributed by atoms with E-state index in [1.54, 1.807) is 20.8 Å². The molecule has 0 aromatic heterocycles. The second-order valence-electron chi connectivity index (χ2n) is 7.76. The van der Waals surface area contributed by atoms with Gasteiger partial charge in [0.25, 0.3) is 10.2 Å². The Bertz CT molecular complexity index is 630. The van der Waals surface area contributed by atoms with Gasteiger partial charge in [-0.3, -0.25) is 4.79 Å². The Morgan fingerprint density at radius 1 is 1.00 bits per heavy atom. The molecule has 2 aliphatic heterocycles. The summed E-state index contributed by atoms with van der Waals surface area (Å²) in [6.45, 7) is 6.86. The zero-order chi connectivity index (χ0) is 19.5. The molecule has 2 rings (SSSR count). The summed E-state index contributed by atoms with van der Waals surface area (Å²) < 4.78 is 33.7. The number of carboxylic acids is 1. The number of carboxylic acid groups (broad SMARTS) is 1. The van der Waals surface area contributed by atoms with Crippen molar-refractivity contribution in [1.29, 1.82) is 0 Å². The first-order valence-corrected chi connectivity index (χ1v) is 10.4. The van der Waals surface area contributed by atoms with Crippen LogP contribution in [0, 0.1) is 5.92 Å². The summed E-state index contributed by atoms with van der Waals surface area (Å²) >= 11 is 0. The fourth-order valence-corrected chi connectivity index (χ4v) is 4.88. The Balaban J connectivity index is 2.01. The number of hydrogen-bond donors (Lipinski definition) is 1. The lowest BCUT2D eigenvalue weighted by atomic mass is 10.0. The lowest BCUT2D eigenvalue weighted by molar-refractivity contribution is -0.142. The van der Waals surface area contributed by atoms with Gasteiger partial charge in [-0.1, -0.05) is 0 Å². The van der Waals surface area contributed by atoms with E-state index in [0.29, 0.717) is 38.9 Å². The number of piperidine rings is 1. The lowest BCUT2D eigenvalue weighted by Gasteiger charge is -2.33. The van der Waals surface area contributed by atoms with E-state index in [1.807, 2.05) is 0 Å². The number of amides is 1. The first kappa shape index (κ1) is 20.9. The van der Waals surface area contributed by atoms with Crippen molar-refractivity contribution >= 4 is 22.3 Å². The van der Waals surface area contributed by atoms with Gasteiger partial charge in [0.1, 0.15) is 5.60 Å². The maximum atomic E-state index is 12.9. The standard InChI is InChI=1S/C16H29N3O6S/c1-16(2,3)25-15(22)17-7-5-9-18(11-10-17)26(23,24)19-8-4-6-13(12-19)14(20)21/h13H,4-12H2,1-3H3,(H,20,21). The van der Waals surface area contributed by atoms with Crippen molar-refractivity contribution in [2.45, 2.75) is 45.6 Å². The molecular formula is C16H29N3O6S. The van der Waals surface area contributed by atoms with Gasteiger partial charge >= 0.3 is 12.1 Å². The van der Waals surface area contributed by atoms with Crippen molar-refractivity contribution in [1.82, 2.24) is 13.5 Å². The molecule has 0 aromatic rings. The van der Waals surface area contributed by atoms with Crippen LogP contribution in [0.15, 0.2) is 0 Å². The Kier molecular flexibility index (Phi) is 6.51. The third-order valence-corrected chi connectivity index (χ3v) is 6.49. The van der Waals surface area contributed by atoms with E-state index in [1.165, 1.54) is 13.5 Å². The number of rotatable bonds is 3. The van der Waals surface area contributed by atoms with Crippen molar-refractivity contribution in [2.75, 3.05) is 39.3 Å². The molecule has 0 radical (unpaired) electrons. The average molecular weight is 391 g/mol. The van der Waals surface area contributed by atoms with E-state index in [0.717, 1.165) is 0 Å². The molecule has 26 heavy (non-hydrogen) atoms. The molecule has 2 fully saturated rings. The highest BCUT2D eigenvalue weighted by Crippen LogP contribution is 2.22. The van der Waals surface area contributed by atoms with Crippen LogP contribution in [-0.4, -0.2) is 84.0 Å². The monoisotopic (exact) mass is 391 g/mol. The minimum absolute atomic E-state index is 0.00392. The largest absolute Gasteiger partial charge is 0.481 e. The first-order chi connectivity index (χ1) is 12.0. The Morgan fingerprint density at radius 2 is 1.65 bits per heavy atom. The normalized spacial score (nSPS) is 24.1. The number of aliphatic carboxylic acids is 1. The van der Waals surface area contributed by atoms with E-state index >= 15 is 0 Å². The van der Waals surface area contributed by atoms with Crippen LogP contribution in [0.4, 0.5) is 4.79 Å². The van der Waals surface area contributed by atoms with Crippen LogP contribution in [0.1, 0.15) is 40.0 Å². The molecule has 2 heterocycles. The SMILES string of the molecule is CC(C)(C)OC(=O)N1CCCN(S(=O)(=O)N2CCCC(C(=O)O)C2)CC1. The molecule has 2 saturated heterocycles. The van der Waals surface area contributed by atoms with Crippen molar-refractivity contribution < 1.29 is 27.9 Å². The molecule has 1 N–H and O–H groups in total. The van der Waals surface area contributed by atoms with Gasteiger partial charge < -0.3 is 14.7 Å². The third-order valence-electron chi connectivity index (χ3n) is 4.49. The molecule has 0 aromatic carbocycles. The topological polar surface area (TPSA) is 107 Å². The van der Waals surface area contributed by atoms with Gasteiger partial charge in [-0.2, -0.15) is 17.0 Å². The van der Waals surface area contributed by atoms with Crippen molar-refractivity contribution in [3.63, 3.8) is 0 Å². The van der Waals surface area contributed by atoms with Crippen LogP contribution in [0.5, 0.6) is 0 Å². The molecule has 0 saturated carbocycles. The summed E-state index contributed by atoms with van der Waals surface area (Å²) in [5.74, 6) is -1.62. The average Bonchev–Trinajstić information content (AvgIpc) is 2.80. The van der Waals surface area contributed by atoms with Gasteiger partial charge in [0.05, 0.1) is 5.92 Å². The molecular weight excluding hydrogens is 362 g/mol. The van der Waals surface area contributed by atoms with Gasteiger partial charge in [0.15, 0.2) is 0 Å². The third kappa shape index (κ3) is 5.31. The van der Waals surface area contributed by atoms with Crippen LogP contribution in [0.2, 0.25) is 0 Å². The summed E-state index contributed by atoms with van der Waals surface area (Å²) in [6, 6.07) is 0. The van der Waals surface area contributed by atoms with Gasteiger partial charge in [0, 0.05) is 39.3 Å². The van der Waals surface area contributed by atoms with Crippen LogP contribution < -0.4 is 0 Å². The van der Waals surface area contributed by atoms with E-state index in [2.05, 4.69) is 0 Å². The molecule has 1 unspecified atom stereocenters. The van der Waals surface area contributed by atoms with Crippen LogP contribution in [0.3, 0.4) is 0 Å². The van der Waals surface area contributed by atoms with Crippen molar-refractivity contribution in [2.24, 2.45) is 5.92 Å². The number of carbonyl (C=O) groups excluding carboxylic acids is 1. The smallest absolute Gasteiger partial charge is 0.410 e. The highest BCUT2D eigenvalue weighted by Gasteiger charge is 2.37. The maximum Gasteiger partial charge on any atom is 0.410 e. The molecule has 0 spiro atoms. The molecule has 10 heteroatoms. The Morgan fingerprint density at radius 3 is 2.27 bits per heavy atom. The fourth-order valence-electron chi connectivity index (χ4n) is 3.15. The van der Waals surface area contributed by atoms with E-state index in [-0.39, 0.29) is 19.6 Å². The second kappa shape index (κ2) is 8.10. The molecule has 0 bridgehead atoms. The predicted octanol–water partition coefficient (Wildman–Crippen LogP) is 0.971. The Hall–Kier alpha value is -1.39. The summed E-state index contributed by atoms with van der Waals surface area (Å²) in [6.07, 6.45) is 1.09. The van der Waals surface area contributed by atoms with Crippen LogP contribution >= 0.6 is 0 Å². The minimum Gasteiger partial charge on any atom is -0.481 e. The lowest BCUT2D eigenvalue weighted by Crippen LogP contribution is -2.50. The van der Waals surface area contributed by atoms with Gasteiger partial charge in [-0.05, 0) is 40.0 Å². The summed E-state index contributed by atoms with van der Waals surface area (Å²) in [5.41, 5.74) is -0.602. The van der Waals surface area contributed by atoms with Crippen molar-refractivity contribution in [3.05, 3.63) is 0 Å². The highest BCUT2D eigenvalue weighted by molar-refractivity contribution is 7.86. The van der Waals surface area contributed by atoms with Crippen molar-refractivity contribution in [3.8, 4) is 0 Å². The maximum absolute atomic E-state index is 12.9. The molecule has 1 atom stereocenters. The fraction of sp³-hybridized carbons (Fsp3) is 0.875. The van der Waals surface area contributed by atoms with E-state index < -0.39 is 33.8 Å². The summed E-state index contributed by atoms with van der Waals surface area (Å²) in [4.78, 5) is 24.9. The number of carbonyl (C=O) groups is 2. The number of hydrogen-bond acceptors (Lipinski definition) is 5. The van der Waals surface area contributed by atoms with Gasteiger partial charge in [-0.15, -0.1) is 0 Å². The highest BCUT2D eigenvalue weighted by atomic mass is 32.2. The van der Waals surface area contributed by atoms with E-state index in [9.17, 15) is 23.1 Å². The number of nitrogens with zero attached hydrogens (tertiary/aromatic N) is 3. The molecule has 2 aliphatic rings. The van der Waals surface area contributed by atoms with Gasteiger partial charge in [-0.25, -0.2) is 4.79 Å². The van der Waals surface area contributed by atoms with Crippen LogP contribution in [-0.2, 0) is 19.7 Å². The molecule has 9 nitrogen and oxygen atoms in total. The second-order valence-corrected chi connectivity index (χ2v) is 9.69. The zero-order valence-electron chi connectivity index (χ0n) is 15.7. The van der Waals surface area contributed by atoms with Crippen LogP contribution in [0.25, 0.3) is 0 Å². The molecule has 1 amide bonds. The quantitative estimate of drug-likeness (QED) is 0.768. The summed E-state index contributed by atoms with van der Waals surface area (Å²) in [5, 5.41) is 9.17.